The van der Waals surface area contributed by atoms with Crippen molar-refractivity contribution in [2.24, 2.45) is 4.99 Å². The zero-order valence-electron chi connectivity index (χ0n) is 15.6. The van der Waals surface area contributed by atoms with Gasteiger partial charge in [-0.1, -0.05) is 16.9 Å². The molecule has 2 aromatic heterocycles. The molecule has 29 heavy (non-hydrogen) atoms. The minimum absolute atomic E-state index is 0.426. The van der Waals surface area contributed by atoms with Crippen molar-refractivity contribution in [2.45, 2.75) is 44.2 Å². The van der Waals surface area contributed by atoms with Crippen LogP contribution in [0, 0.1) is 12.7 Å². The number of carbonyl (C=O) groups is 1. The third-order valence-electron chi connectivity index (χ3n) is 4.31. The smallest absolute Gasteiger partial charge is 0.361 e. The molecule has 2 atom stereocenters. The predicted molar refractivity (Wildman–Crippen MR) is 100 cm³/mol. The summed E-state index contributed by atoms with van der Waals surface area (Å²) in [5.41, 5.74) is 1.75. The van der Waals surface area contributed by atoms with Crippen molar-refractivity contribution in [3.8, 4) is 11.4 Å². The lowest BCUT2D eigenvalue weighted by Crippen LogP contribution is -2.41. The summed E-state index contributed by atoms with van der Waals surface area (Å²) < 4.78 is 55.2. The van der Waals surface area contributed by atoms with Gasteiger partial charge in [-0.25, -0.2) is 4.39 Å². The molecule has 2 unspecified atom stereocenters. The molecule has 2 aromatic rings. The van der Waals surface area contributed by atoms with Gasteiger partial charge >= 0.3 is 6.18 Å². The average molecular weight is 430 g/mol. The molecule has 0 spiro atoms. The van der Waals surface area contributed by atoms with Crippen molar-refractivity contribution < 1.29 is 26.9 Å². The second-order valence-corrected chi connectivity index (χ2v) is 7.78. The number of alkyl halides is 3. The van der Waals surface area contributed by atoms with Gasteiger partial charge in [-0.15, -0.1) is 0 Å². The van der Waals surface area contributed by atoms with Crippen LogP contribution < -0.4 is 5.32 Å². The summed E-state index contributed by atoms with van der Waals surface area (Å²) in [5.74, 6) is -0.561. The Balaban J connectivity index is 1.63. The molecular formula is C18H18F4N4O2S. The van der Waals surface area contributed by atoms with Crippen LogP contribution in [0.4, 0.5) is 17.6 Å². The van der Waals surface area contributed by atoms with Gasteiger partial charge in [0, 0.05) is 5.56 Å². The molecule has 0 aromatic carbocycles. The van der Waals surface area contributed by atoms with Crippen LogP contribution in [-0.4, -0.2) is 45.1 Å². The van der Waals surface area contributed by atoms with Crippen LogP contribution in [0.3, 0.4) is 0 Å². The van der Waals surface area contributed by atoms with Gasteiger partial charge in [0.15, 0.2) is 0 Å². The third kappa shape index (κ3) is 5.34. The SMILES string of the molecule is Cc1onc(-c2ccc(F)cn2)c1CCC1=NC(C)C(C(=O)NCC(F)(F)F)S1. The normalized spacial score (nSPS) is 19.3. The highest BCUT2D eigenvalue weighted by Crippen LogP contribution is 2.31. The standard InChI is InChI=1S/C18H18F4N4O2S/c1-9-16(17(27)24-8-18(20,21)22)29-14(25-9)6-4-12-10(2)28-26-15(12)13-5-3-11(19)7-23-13/h3,5,7,9,16H,4,6,8H2,1-2H3,(H,24,27). The number of nitrogens with zero attached hydrogens (tertiary/aromatic N) is 3. The summed E-state index contributed by atoms with van der Waals surface area (Å²) in [6.45, 7) is 2.07. The van der Waals surface area contributed by atoms with Gasteiger partial charge in [-0.05, 0) is 38.8 Å². The minimum Gasteiger partial charge on any atom is -0.361 e. The van der Waals surface area contributed by atoms with Crippen molar-refractivity contribution >= 4 is 22.7 Å². The lowest BCUT2D eigenvalue weighted by Gasteiger charge is -2.14. The van der Waals surface area contributed by atoms with Crippen LogP contribution in [0.15, 0.2) is 27.8 Å². The van der Waals surface area contributed by atoms with Crippen LogP contribution in [0.25, 0.3) is 11.4 Å². The number of rotatable bonds is 6. The van der Waals surface area contributed by atoms with E-state index in [1.54, 1.807) is 13.8 Å². The van der Waals surface area contributed by atoms with E-state index >= 15 is 0 Å². The van der Waals surface area contributed by atoms with Gasteiger partial charge in [-0.2, -0.15) is 13.2 Å². The Hall–Kier alpha value is -2.43. The lowest BCUT2D eigenvalue weighted by atomic mass is 10.1. The number of aromatic nitrogens is 2. The quantitative estimate of drug-likeness (QED) is 0.707. The fraction of sp³-hybridized carbons (Fsp3) is 0.444. The first-order valence-corrected chi connectivity index (χ1v) is 9.67. The van der Waals surface area contributed by atoms with Crippen LogP contribution in [0.1, 0.15) is 24.7 Å². The predicted octanol–water partition coefficient (Wildman–Crippen LogP) is 3.70. The molecule has 156 valence electrons. The van der Waals surface area contributed by atoms with Gasteiger partial charge in [0.1, 0.15) is 29.1 Å². The molecule has 3 rings (SSSR count). The Morgan fingerprint density at radius 2 is 2.07 bits per heavy atom. The van der Waals surface area contributed by atoms with E-state index in [9.17, 15) is 22.4 Å². The highest BCUT2D eigenvalue weighted by Gasteiger charge is 2.35. The number of halogens is 4. The van der Waals surface area contributed by atoms with Gasteiger partial charge < -0.3 is 9.84 Å². The molecule has 0 saturated heterocycles. The van der Waals surface area contributed by atoms with Crippen molar-refractivity contribution in [3.05, 3.63) is 35.5 Å². The zero-order valence-corrected chi connectivity index (χ0v) is 16.4. The Kier molecular flexibility index (Phi) is 6.25. The number of amides is 1. The molecule has 3 heterocycles. The summed E-state index contributed by atoms with van der Waals surface area (Å²) in [7, 11) is 0. The van der Waals surface area contributed by atoms with Gasteiger partial charge in [-0.3, -0.25) is 14.8 Å². The molecule has 1 aliphatic rings. The molecule has 0 fully saturated rings. The number of hydrogen-bond acceptors (Lipinski definition) is 6. The van der Waals surface area contributed by atoms with Crippen LogP contribution in [-0.2, 0) is 11.2 Å². The first-order valence-electron chi connectivity index (χ1n) is 8.79. The zero-order chi connectivity index (χ0) is 21.2. The maximum Gasteiger partial charge on any atom is 0.405 e. The molecule has 1 aliphatic heterocycles. The van der Waals surface area contributed by atoms with Crippen LogP contribution in [0.5, 0.6) is 0 Å². The Labute approximate surface area is 168 Å². The number of carbonyl (C=O) groups excluding carboxylic acids is 1. The first kappa shape index (κ1) is 21.3. The van der Waals surface area contributed by atoms with Gasteiger partial charge in [0.25, 0.3) is 0 Å². The van der Waals surface area contributed by atoms with E-state index in [1.807, 2.05) is 5.32 Å². The minimum atomic E-state index is -4.46. The highest BCUT2D eigenvalue weighted by atomic mass is 32.2. The van der Waals surface area contributed by atoms with Crippen LogP contribution in [0.2, 0.25) is 0 Å². The molecule has 0 saturated carbocycles. The highest BCUT2D eigenvalue weighted by molar-refractivity contribution is 8.15. The summed E-state index contributed by atoms with van der Waals surface area (Å²) >= 11 is 1.16. The monoisotopic (exact) mass is 430 g/mol. The maximum atomic E-state index is 13.1. The number of pyridine rings is 1. The van der Waals surface area contributed by atoms with E-state index in [-0.39, 0.29) is 0 Å². The molecule has 0 radical (unpaired) electrons. The number of hydrogen-bond donors (Lipinski definition) is 1. The molecular weight excluding hydrogens is 412 g/mol. The van der Waals surface area contributed by atoms with Crippen molar-refractivity contribution in [3.63, 3.8) is 0 Å². The Morgan fingerprint density at radius 1 is 1.31 bits per heavy atom. The molecule has 0 aliphatic carbocycles. The largest absolute Gasteiger partial charge is 0.405 e. The topological polar surface area (TPSA) is 80.4 Å². The van der Waals surface area contributed by atoms with Gasteiger partial charge in [0.05, 0.1) is 23.0 Å². The van der Waals surface area contributed by atoms with Crippen LogP contribution >= 0.6 is 11.8 Å². The molecule has 11 heteroatoms. The number of nitrogens with one attached hydrogen (secondary N) is 1. The first-order chi connectivity index (χ1) is 13.6. The third-order valence-corrected chi connectivity index (χ3v) is 5.76. The van der Waals surface area contributed by atoms with E-state index in [0.717, 1.165) is 23.5 Å². The van der Waals surface area contributed by atoms with E-state index in [1.165, 1.54) is 12.1 Å². The summed E-state index contributed by atoms with van der Waals surface area (Å²) in [6.07, 6.45) is -2.41. The Morgan fingerprint density at radius 3 is 2.72 bits per heavy atom. The van der Waals surface area contributed by atoms with E-state index in [4.69, 9.17) is 4.52 Å². The van der Waals surface area contributed by atoms with Gasteiger partial charge in [0.2, 0.25) is 5.91 Å². The fourth-order valence-electron chi connectivity index (χ4n) is 2.89. The van der Waals surface area contributed by atoms with Crippen molar-refractivity contribution in [1.29, 1.82) is 0 Å². The van der Waals surface area contributed by atoms with Crippen molar-refractivity contribution in [2.75, 3.05) is 6.54 Å². The van der Waals surface area contributed by atoms with E-state index < -0.39 is 35.7 Å². The molecule has 1 amide bonds. The summed E-state index contributed by atoms with van der Waals surface area (Å²) in [6, 6.07) is 2.35. The molecule has 1 N–H and O–H groups in total. The molecule has 0 bridgehead atoms. The second-order valence-electron chi connectivity index (χ2n) is 6.56. The summed E-state index contributed by atoms with van der Waals surface area (Å²) in [4.78, 5) is 20.4. The summed E-state index contributed by atoms with van der Waals surface area (Å²) in [5, 5.41) is 5.87. The number of aryl methyl sites for hydroxylation is 1. The van der Waals surface area contributed by atoms with E-state index in [2.05, 4.69) is 15.1 Å². The molecule has 6 nitrogen and oxygen atoms in total. The lowest BCUT2D eigenvalue weighted by molar-refractivity contribution is -0.138. The second kappa shape index (κ2) is 8.52. The number of thioether (sulfide) groups is 1. The number of aliphatic imine (C=N–C) groups is 1. The van der Waals surface area contributed by atoms with E-state index in [0.29, 0.717) is 35.0 Å². The average Bonchev–Trinajstić information content (AvgIpc) is 3.20. The van der Waals surface area contributed by atoms with Crippen molar-refractivity contribution in [1.82, 2.24) is 15.5 Å². The Bertz CT molecular complexity index is 912. The fourth-order valence-corrected chi connectivity index (χ4v) is 4.08. The maximum absolute atomic E-state index is 13.1.